The molecule has 0 unspecified atom stereocenters. The van der Waals surface area contributed by atoms with Gasteiger partial charge in [-0.2, -0.15) is 0 Å². The Hall–Kier alpha value is -1.49. The number of rotatable bonds is 4. The fraction of sp³-hybridized carbons (Fsp3) is 0.583. The summed E-state index contributed by atoms with van der Waals surface area (Å²) in [4.78, 5) is 15.1. The standard InChI is InChI=1S/C12H17N5/c1-16(2)7-12(3-4-12)8-17-9-15-10-11(17)14-6-5-13-10/h5-6,9H,3-4,7-8H2,1-2H3. The van der Waals surface area contributed by atoms with Gasteiger partial charge in [0.15, 0.2) is 11.3 Å². The first kappa shape index (κ1) is 10.7. The SMILES string of the molecule is CN(C)CC1(Cn2cnc3nccnc32)CC1. The van der Waals surface area contributed by atoms with E-state index in [9.17, 15) is 0 Å². The molecule has 5 nitrogen and oxygen atoms in total. The van der Waals surface area contributed by atoms with Crippen molar-refractivity contribution in [3.05, 3.63) is 18.7 Å². The molecule has 2 aromatic heterocycles. The molecule has 90 valence electrons. The van der Waals surface area contributed by atoms with Crippen LogP contribution in [0.4, 0.5) is 0 Å². The molecule has 0 aliphatic heterocycles. The highest BCUT2D eigenvalue weighted by Crippen LogP contribution is 2.47. The Labute approximate surface area is 100 Å². The molecule has 5 heteroatoms. The van der Waals surface area contributed by atoms with Gasteiger partial charge in [0, 0.05) is 30.9 Å². The number of imidazole rings is 1. The zero-order valence-corrected chi connectivity index (χ0v) is 10.3. The lowest BCUT2D eigenvalue weighted by atomic mass is 10.1. The van der Waals surface area contributed by atoms with E-state index in [0.717, 1.165) is 24.4 Å². The van der Waals surface area contributed by atoms with Gasteiger partial charge in [-0.05, 0) is 26.9 Å². The third-order valence-corrected chi connectivity index (χ3v) is 3.37. The number of fused-ring (bicyclic) bond motifs is 1. The summed E-state index contributed by atoms with van der Waals surface area (Å²) in [5, 5.41) is 0. The Kier molecular flexibility index (Phi) is 2.36. The minimum Gasteiger partial charge on any atom is -0.313 e. The molecule has 0 saturated heterocycles. The topological polar surface area (TPSA) is 46.8 Å². The monoisotopic (exact) mass is 231 g/mol. The smallest absolute Gasteiger partial charge is 0.197 e. The summed E-state index contributed by atoms with van der Waals surface area (Å²) >= 11 is 0. The lowest BCUT2D eigenvalue weighted by Gasteiger charge is -2.20. The van der Waals surface area contributed by atoms with Crippen LogP contribution in [0.5, 0.6) is 0 Å². The van der Waals surface area contributed by atoms with Crippen molar-refractivity contribution in [2.24, 2.45) is 5.41 Å². The minimum absolute atomic E-state index is 0.425. The summed E-state index contributed by atoms with van der Waals surface area (Å²) in [6, 6.07) is 0. The molecule has 0 radical (unpaired) electrons. The first-order valence-electron chi connectivity index (χ1n) is 5.95. The van der Waals surface area contributed by atoms with E-state index in [0.29, 0.717) is 5.41 Å². The highest BCUT2D eigenvalue weighted by atomic mass is 15.2. The Balaban J connectivity index is 1.86. The second-order valence-corrected chi connectivity index (χ2v) is 5.31. The molecule has 0 atom stereocenters. The van der Waals surface area contributed by atoms with Crippen LogP contribution in [0.15, 0.2) is 18.7 Å². The zero-order valence-electron chi connectivity index (χ0n) is 10.3. The number of hydrogen-bond donors (Lipinski definition) is 0. The molecular weight excluding hydrogens is 214 g/mol. The van der Waals surface area contributed by atoms with Gasteiger partial charge in [0.1, 0.15) is 0 Å². The molecule has 0 spiro atoms. The Bertz CT molecular complexity index is 526. The summed E-state index contributed by atoms with van der Waals surface area (Å²) in [6.07, 6.45) is 7.87. The summed E-state index contributed by atoms with van der Waals surface area (Å²) in [7, 11) is 4.26. The van der Waals surface area contributed by atoms with Crippen molar-refractivity contribution >= 4 is 11.3 Å². The minimum atomic E-state index is 0.425. The molecular formula is C12H17N5. The van der Waals surface area contributed by atoms with Crippen LogP contribution in [0, 0.1) is 5.41 Å². The summed E-state index contributed by atoms with van der Waals surface area (Å²) in [5.74, 6) is 0. The van der Waals surface area contributed by atoms with Crippen molar-refractivity contribution in [1.29, 1.82) is 0 Å². The molecule has 2 aromatic rings. The van der Waals surface area contributed by atoms with Crippen LogP contribution < -0.4 is 0 Å². The van der Waals surface area contributed by atoms with Gasteiger partial charge in [-0.15, -0.1) is 0 Å². The van der Waals surface area contributed by atoms with Gasteiger partial charge in [0.05, 0.1) is 6.33 Å². The zero-order chi connectivity index (χ0) is 11.9. The molecule has 1 aliphatic rings. The molecule has 2 heterocycles. The molecule has 1 aliphatic carbocycles. The Morgan fingerprint density at radius 2 is 2.00 bits per heavy atom. The van der Waals surface area contributed by atoms with E-state index >= 15 is 0 Å². The average molecular weight is 231 g/mol. The first-order valence-corrected chi connectivity index (χ1v) is 5.95. The van der Waals surface area contributed by atoms with Gasteiger partial charge >= 0.3 is 0 Å². The van der Waals surface area contributed by atoms with Gasteiger partial charge < -0.3 is 9.47 Å². The van der Waals surface area contributed by atoms with Crippen molar-refractivity contribution in [1.82, 2.24) is 24.4 Å². The van der Waals surface area contributed by atoms with Gasteiger partial charge in [-0.25, -0.2) is 15.0 Å². The molecule has 3 rings (SSSR count). The van der Waals surface area contributed by atoms with Crippen LogP contribution in [-0.2, 0) is 6.54 Å². The Morgan fingerprint density at radius 3 is 2.71 bits per heavy atom. The van der Waals surface area contributed by atoms with Gasteiger partial charge in [0.2, 0.25) is 0 Å². The lowest BCUT2D eigenvalue weighted by Crippen LogP contribution is -2.26. The maximum atomic E-state index is 4.36. The van der Waals surface area contributed by atoms with Crippen LogP contribution in [0.1, 0.15) is 12.8 Å². The summed E-state index contributed by atoms with van der Waals surface area (Å²) < 4.78 is 2.14. The van der Waals surface area contributed by atoms with Crippen molar-refractivity contribution in [2.45, 2.75) is 19.4 Å². The molecule has 0 bridgehead atoms. The maximum absolute atomic E-state index is 4.36. The van der Waals surface area contributed by atoms with Gasteiger partial charge in [-0.1, -0.05) is 0 Å². The lowest BCUT2D eigenvalue weighted by molar-refractivity contribution is 0.282. The fourth-order valence-electron chi connectivity index (χ4n) is 2.49. The van der Waals surface area contributed by atoms with E-state index in [1.54, 1.807) is 12.4 Å². The van der Waals surface area contributed by atoms with E-state index < -0.39 is 0 Å². The van der Waals surface area contributed by atoms with Crippen molar-refractivity contribution in [3.63, 3.8) is 0 Å². The normalized spacial score (nSPS) is 17.8. The molecule has 1 fully saturated rings. The van der Waals surface area contributed by atoms with E-state index in [1.165, 1.54) is 12.8 Å². The van der Waals surface area contributed by atoms with Crippen LogP contribution in [0.2, 0.25) is 0 Å². The number of aromatic nitrogens is 4. The highest BCUT2D eigenvalue weighted by molar-refractivity contribution is 5.64. The third-order valence-electron chi connectivity index (χ3n) is 3.37. The Morgan fingerprint density at radius 1 is 1.24 bits per heavy atom. The highest BCUT2D eigenvalue weighted by Gasteiger charge is 2.43. The fourth-order valence-corrected chi connectivity index (χ4v) is 2.49. The predicted molar refractivity (Wildman–Crippen MR) is 65.5 cm³/mol. The second kappa shape index (κ2) is 3.77. The van der Waals surface area contributed by atoms with Crippen LogP contribution in [-0.4, -0.2) is 45.1 Å². The average Bonchev–Trinajstić information content (AvgIpc) is 2.91. The maximum Gasteiger partial charge on any atom is 0.197 e. The third kappa shape index (κ3) is 2.02. The molecule has 0 aromatic carbocycles. The van der Waals surface area contributed by atoms with Crippen LogP contribution in [0.25, 0.3) is 11.3 Å². The molecule has 0 N–H and O–H groups in total. The molecule has 1 saturated carbocycles. The van der Waals surface area contributed by atoms with E-state index in [-0.39, 0.29) is 0 Å². The summed E-state index contributed by atoms with van der Waals surface area (Å²) in [6.45, 7) is 2.13. The quantitative estimate of drug-likeness (QED) is 0.792. The van der Waals surface area contributed by atoms with Crippen molar-refractivity contribution in [2.75, 3.05) is 20.6 Å². The first-order chi connectivity index (χ1) is 8.19. The van der Waals surface area contributed by atoms with Crippen LogP contribution in [0.3, 0.4) is 0 Å². The number of hydrogen-bond acceptors (Lipinski definition) is 4. The molecule has 0 amide bonds. The van der Waals surface area contributed by atoms with E-state index in [4.69, 9.17) is 0 Å². The van der Waals surface area contributed by atoms with Gasteiger partial charge in [-0.3, -0.25) is 0 Å². The second-order valence-electron chi connectivity index (χ2n) is 5.31. The van der Waals surface area contributed by atoms with E-state index in [2.05, 4.69) is 38.5 Å². The van der Waals surface area contributed by atoms with Crippen molar-refractivity contribution < 1.29 is 0 Å². The van der Waals surface area contributed by atoms with Gasteiger partial charge in [0.25, 0.3) is 0 Å². The summed E-state index contributed by atoms with van der Waals surface area (Å²) in [5.41, 5.74) is 2.07. The van der Waals surface area contributed by atoms with E-state index in [1.807, 2.05) is 6.33 Å². The van der Waals surface area contributed by atoms with Crippen LogP contribution >= 0.6 is 0 Å². The van der Waals surface area contributed by atoms with Crippen molar-refractivity contribution in [3.8, 4) is 0 Å². The predicted octanol–water partition coefficient (Wildman–Crippen LogP) is 1.17. The molecule has 17 heavy (non-hydrogen) atoms. The largest absolute Gasteiger partial charge is 0.313 e. The number of nitrogens with zero attached hydrogens (tertiary/aromatic N) is 5.